The van der Waals surface area contributed by atoms with Crippen molar-refractivity contribution in [1.29, 1.82) is 0 Å². The van der Waals surface area contributed by atoms with E-state index in [1.807, 2.05) is 43.3 Å². The summed E-state index contributed by atoms with van der Waals surface area (Å²) in [7, 11) is 3.00. The molecule has 0 bridgehead atoms. The first kappa shape index (κ1) is 41.4. The first-order valence-corrected chi connectivity index (χ1v) is 18.8. The molecule has 2 aliphatic heterocycles. The molecular weight excluding hydrogens is 744 g/mol. The van der Waals surface area contributed by atoms with Crippen molar-refractivity contribution in [2.75, 3.05) is 39.2 Å². The predicted molar refractivity (Wildman–Crippen MR) is 220 cm³/mol. The summed E-state index contributed by atoms with van der Waals surface area (Å²) < 4.78 is 23.4. The van der Waals surface area contributed by atoms with Crippen LogP contribution < -0.4 is 21.7 Å². The zero-order valence-corrected chi connectivity index (χ0v) is 33.9. The highest BCUT2D eigenvalue weighted by molar-refractivity contribution is 6.00. The highest BCUT2D eigenvalue weighted by atomic mass is 19.1. The zero-order chi connectivity index (χ0) is 41.9. The first-order valence-electron chi connectivity index (χ1n) is 18.8. The lowest BCUT2D eigenvalue weighted by Crippen LogP contribution is -2.42. The number of nitrogens with one attached hydrogen (secondary N) is 5. The third kappa shape index (κ3) is 8.98. The van der Waals surface area contributed by atoms with Crippen molar-refractivity contribution in [3.63, 3.8) is 0 Å². The highest BCUT2D eigenvalue weighted by Crippen LogP contribution is 2.32. The number of amides is 2. The number of esters is 1. The third-order valence-corrected chi connectivity index (χ3v) is 9.54. The Hall–Kier alpha value is -6.26. The number of rotatable bonds is 7. The van der Waals surface area contributed by atoms with Gasteiger partial charge in [-0.15, -0.1) is 0 Å². The Morgan fingerprint density at radius 1 is 0.776 bits per heavy atom. The number of methoxy groups -OCH3 is 2. The van der Waals surface area contributed by atoms with E-state index in [4.69, 9.17) is 20.4 Å². The minimum Gasteiger partial charge on any atom is -0.468 e. The van der Waals surface area contributed by atoms with Crippen molar-refractivity contribution >= 4 is 45.7 Å². The summed E-state index contributed by atoms with van der Waals surface area (Å²) >= 11 is 0. The van der Waals surface area contributed by atoms with E-state index in [2.05, 4.69) is 54.5 Å². The van der Waals surface area contributed by atoms with Gasteiger partial charge in [-0.25, -0.2) is 19.9 Å². The average Bonchev–Trinajstić information content (AvgIpc) is 3.82. The van der Waals surface area contributed by atoms with E-state index in [9.17, 15) is 18.8 Å². The molecule has 2 aliphatic rings. The molecule has 0 spiro atoms. The summed E-state index contributed by atoms with van der Waals surface area (Å²) in [5, 5.41) is 9.14. The van der Waals surface area contributed by atoms with Crippen molar-refractivity contribution in [3.8, 4) is 22.5 Å². The van der Waals surface area contributed by atoms with Crippen LogP contribution >= 0.6 is 0 Å². The minimum absolute atomic E-state index is 0.0328. The number of ether oxygens (including phenoxy) is 2. The SMILES string of the molecule is COC(=O)C(C)(C)N.COCC(C)(C)Nc1nc2c(-c3cc4c([nH]3)CCNC4=O)cccc2nc1C.Cc1nc2cccc(-c3cc4c([nH]3)CCNC4=O)c2nc1F. The number of benzene rings is 2. The standard InChI is InChI=1S/C21H25N5O2.C16H13FN4O.C5H11NO2/c1-12-19(26-21(2,3)11-28-4)25-18-13(6-5-7-16(18)23-12)17-10-14-15(24-17)8-9-22-20(14)27;1-8-15(17)21-14-9(3-2-4-12(14)19-8)13-7-10-11(20-13)5-6-18-16(10)22;1-5(2,6)4(7)8-3/h5-7,10,24H,8-9,11H2,1-4H3,(H,22,27)(H,25,26);2-4,7,20H,5-6H2,1H3,(H,18,22);6H2,1-3H3. The lowest BCUT2D eigenvalue weighted by Gasteiger charge is -2.26. The summed E-state index contributed by atoms with van der Waals surface area (Å²) in [6, 6.07) is 15.1. The number of halogens is 1. The molecule has 2 aromatic carbocycles. The van der Waals surface area contributed by atoms with Crippen LogP contribution in [0.3, 0.4) is 0 Å². The van der Waals surface area contributed by atoms with Gasteiger partial charge in [0.05, 0.1) is 52.8 Å². The van der Waals surface area contributed by atoms with Crippen LogP contribution in [0.25, 0.3) is 44.6 Å². The lowest BCUT2D eigenvalue weighted by molar-refractivity contribution is -0.145. The number of anilines is 1. The molecule has 8 rings (SSSR count). The summed E-state index contributed by atoms with van der Waals surface area (Å²) in [6.45, 7) is 12.7. The third-order valence-electron chi connectivity index (χ3n) is 9.54. The van der Waals surface area contributed by atoms with Gasteiger partial charge in [0, 0.05) is 66.9 Å². The molecule has 0 atom stereocenters. The molecule has 6 aromatic rings. The number of para-hydroxylation sites is 2. The fraction of sp³-hybridized carbons (Fsp3) is 0.357. The Kier molecular flexibility index (Phi) is 11.9. The normalized spacial score (nSPS) is 13.6. The Morgan fingerprint density at radius 3 is 1.72 bits per heavy atom. The van der Waals surface area contributed by atoms with E-state index < -0.39 is 17.5 Å². The Morgan fingerprint density at radius 2 is 1.28 bits per heavy atom. The van der Waals surface area contributed by atoms with Gasteiger partial charge < -0.3 is 41.1 Å². The van der Waals surface area contributed by atoms with Crippen LogP contribution in [-0.4, -0.2) is 92.7 Å². The number of nitrogens with zero attached hydrogens (tertiary/aromatic N) is 4. The summed E-state index contributed by atoms with van der Waals surface area (Å²) in [6.07, 6.45) is 1.56. The van der Waals surface area contributed by atoms with Crippen LogP contribution in [-0.2, 0) is 27.1 Å². The van der Waals surface area contributed by atoms with Gasteiger partial charge in [0.2, 0.25) is 5.95 Å². The average molecular weight is 793 g/mol. The number of hydrogen-bond acceptors (Lipinski definition) is 11. The molecule has 4 aromatic heterocycles. The molecule has 58 heavy (non-hydrogen) atoms. The number of nitrogens with two attached hydrogens (primary N) is 1. The Bertz CT molecular complexity index is 2520. The maximum atomic E-state index is 13.8. The number of fused-ring (bicyclic) bond motifs is 4. The van der Waals surface area contributed by atoms with Gasteiger partial charge in [0.15, 0.2) is 0 Å². The van der Waals surface area contributed by atoms with Crippen LogP contribution in [0.1, 0.15) is 71.2 Å². The summed E-state index contributed by atoms with van der Waals surface area (Å²) in [5.74, 6) is -0.353. The molecule has 0 aliphatic carbocycles. The van der Waals surface area contributed by atoms with Gasteiger partial charge in [-0.05, 0) is 65.8 Å². The lowest BCUT2D eigenvalue weighted by atomic mass is 10.1. The highest BCUT2D eigenvalue weighted by Gasteiger charge is 2.25. The van der Waals surface area contributed by atoms with E-state index in [1.165, 1.54) is 7.11 Å². The van der Waals surface area contributed by atoms with Crippen LogP contribution in [0.15, 0.2) is 48.5 Å². The van der Waals surface area contributed by atoms with Crippen LogP contribution in [0, 0.1) is 19.8 Å². The molecule has 0 fully saturated rings. The molecule has 6 heterocycles. The number of aryl methyl sites for hydroxylation is 2. The molecule has 0 unspecified atom stereocenters. The molecule has 0 saturated carbocycles. The molecule has 16 heteroatoms. The van der Waals surface area contributed by atoms with Crippen molar-refractivity contribution in [3.05, 3.63) is 88.4 Å². The number of H-pyrrole nitrogens is 2. The number of aromatic nitrogens is 6. The topological polar surface area (TPSA) is 215 Å². The van der Waals surface area contributed by atoms with Crippen molar-refractivity contribution in [1.82, 2.24) is 40.5 Å². The smallest absolute Gasteiger partial charge is 0.325 e. The Labute approximate surface area is 335 Å². The van der Waals surface area contributed by atoms with Gasteiger partial charge in [-0.3, -0.25) is 14.4 Å². The summed E-state index contributed by atoms with van der Waals surface area (Å²) in [4.78, 5) is 59.0. The van der Waals surface area contributed by atoms with Crippen molar-refractivity contribution in [2.45, 2.75) is 65.5 Å². The molecule has 0 saturated heterocycles. The first-order chi connectivity index (χ1) is 27.5. The van der Waals surface area contributed by atoms with Crippen LogP contribution in [0.4, 0.5) is 10.2 Å². The number of carbonyl (C=O) groups excluding carboxylic acids is 3. The molecule has 15 nitrogen and oxygen atoms in total. The van der Waals surface area contributed by atoms with E-state index >= 15 is 0 Å². The Balaban J connectivity index is 0.000000168. The molecule has 0 radical (unpaired) electrons. The van der Waals surface area contributed by atoms with Gasteiger partial charge in [-0.2, -0.15) is 4.39 Å². The van der Waals surface area contributed by atoms with Crippen LogP contribution in [0.5, 0.6) is 0 Å². The maximum absolute atomic E-state index is 13.8. The second-order valence-corrected chi connectivity index (χ2v) is 15.4. The van der Waals surface area contributed by atoms with Crippen molar-refractivity contribution < 1.29 is 28.2 Å². The van der Waals surface area contributed by atoms with Crippen molar-refractivity contribution in [2.24, 2.45) is 5.73 Å². The predicted octanol–water partition coefficient (Wildman–Crippen LogP) is 5.31. The van der Waals surface area contributed by atoms with Gasteiger partial charge in [-0.1, -0.05) is 24.3 Å². The van der Waals surface area contributed by atoms with E-state index in [0.29, 0.717) is 41.9 Å². The molecule has 304 valence electrons. The molecule has 7 N–H and O–H groups in total. The number of carbonyl (C=O) groups is 3. The zero-order valence-electron chi connectivity index (χ0n) is 33.9. The molecule has 2 amide bonds. The van der Waals surface area contributed by atoms with E-state index in [0.717, 1.165) is 69.3 Å². The fourth-order valence-electron chi connectivity index (χ4n) is 6.72. The quantitative estimate of drug-likeness (QED) is 0.114. The molecular formula is C42H49FN10O5. The largest absolute Gasteiger partial charge is 0.468 e. The van der Waals surface area contributed by atoms with E-state index in [1.54, 1.807) is 40.0 Å². The number of aromatic amines is 2. The van der Waals surface area contributed by atoms with Crippen LogP contribution in [0.2, 0.25) is 0 Å². The second kappa shape index (κ2) is 16.7. The maximum Gasteiger partial charge on any atom is 0.325 e. The van der Waals surface area contributed by atoms with Gasteiger partial charge in [0.25, 0.3) is 11.8 Å². The van der Waals surface area contributed by atoms with Gasteiger partial charge >= 0.3 is 5.97 Å². The number of hydrogen-bond donors (Lipinski definition) is 6. The van der Waals surface area contributed by atoms with E-state index in [-0.39, 0.29) is 23.0 Å². The second-order valence-electron chi connectivity index (χ2n) is 15.4. The minimum atomic E-state index is -0.852. The summed E-state index contributed by atoms with van der Waals surface area (Å²) in [5.41, 5.74) is 14.6. The monoisotopic (exact) mass is 792 g/mol. The fourth-order valence-corrected chi connectivity index (χ4v) is 6.72. The van der Waals surface area contributed by atoms with Gasteiger partial charge in [0.1, 0.15) is 22.4 Å².